The number of thioether (sulfide) groups is 1. The molecule has 0 radical (unpaired) electrons. The van der Waals surface area contributed by atoms with E-state index < -0.39 is 48.4 Å². The summed E-state index contributed by atoms with van der Waals surface area (Å²) < 4.78 is 44.5. The molecule has 240 valence electrons. The summed E-state index contributed by atoms with van der Waals surface area (Å²) in [6.07, 6.45) is -4.53. The van der Waals surface area contributed by atoms with Gasteiger partial charge in [-0.3, -0.25) is 14.4 Å². The zero-order valence-corrected chi connectivity index (χ0v) is 25.3. The minimum atomic E-state index is -4.49. The molecule has 0 aromatic heterocycles. The van der Waals surface area contributed by atoms with Crippen molar-refractivity contribution in [3.63, 3.8) is 0 Å². The number of carbonyl (C=O) groups excluding carboxylic acids is 3. The molecular formula is C28H38BF3N6O5S. The molecule has 2 unspecified atom stereocenters. The van der Waals surface area contributed by atoms with Crippen LogP contribution >= 0.6 is 11.8 Å². The van der Waals surface area contributed by atoms with Crippen LogP contribution in [0.4, 0.5) is 18.9 Å². The minimum absolute atomic E-state index is 0.00106. The Kier molecular flexibility index (Phi) is 12.2. The molecule has 1 heterocycles. The van der Waals surface area contributed by atoms with Gasteiger partial charge in [-0.15, -0.1) is 11.8 Å². The molecule has 0 fully saturated rings. The normalized spacial score (nSPS) is 15.3. The Morgan fingerprint density at radius 3 is 2.30 bits per heavy atom. The average molecular weight is 639 g/mol. The van der Waals surface area contributed by atoms with E-state index in [0.717, 1.165) is 23.9 Å². The molecule has 3 amide bonds. The van der Waals surface area contributed by atoms with Crippen molar-refractivity contribution in [2.45, 2.75) is 55.4 Å². The monoisotopic (exact) mass is 638 g/mol. The second-order valence-corrected chi connectivity index (χ2v) is 11.9. The van der Waals surface area contributed by atoms with E-state index in [1.165, 1.54) is 17.0 Å². The van der Waals surface area contributed by atoms with Gasteiger partial charge < -0.3 is 42.4 Å². The molecule has 2 aromatic rings. The van der Waals surface area contributed by atoms with E-state index >= 15 is 0 Å². The maximum Gasteiger partial charge on any atom is 0.492 e. The lowest BCUT2D eigenvalue weighted by atomic mass is 9.78. The van der Waals surface area contributed by atoms with Gasteiger partial charge >= 0.3 is 13.3 Å². The van der Waals surface area contributed by atoms with Gasteiger partial charge in [-0.25, -0.2) is 0 Å². The van der Waals surface area contributed by atoms with E-state index in [0.29, 0.717) is 34.7 Å². The molecule has 11 nitrogen and oxygen atoms in total. The van der Waals surface area contributed by atoms with Gasteiger partial charge in [-0.05, 0) is 67.7 Å². The summed E-state index contributed by atoms with van der Waals surface area (Å²) in [7, 11) is -1.11. The first-order chi connectivity index (χ1) is 20.7. The fraction of sp³-hybridized carbons (Fsp3) is 0.464. The molecule has 0 saturated heterocycles. The van der Waals surface area contributed by atoms with Crippen molar-refractivity contribution >= 4 is 47.8 Å². The highest BCUT2D eigenvalue weighted by atomic mass is 32.2. The molecule has 9 N–H and O–H groups in total. The van der Waals surface area contributed by atoms with E-state index in [1.807, 2.05) is 0 Å². The Labute approximate surface area is 258 Å². The van der Waals surface area contributed by atoms with Crippen molar-refractivity contribution in [1.82, 2.24) is 10.2 Å². The van der Waals surface area contributed by atoms with Crippen molar-refractivity contribution in [3.8, 4) is 0 Å². The number of halogens is 3. The molecule has 44 heavy (non-hydrogen) atoms. The summed E-state index contributed by atoms with van der Waals surface area (Å²) in [4.78, 5) is 40.9. The van der Waals surface area contributed by atoms with Gasteiger partial charge in [0.05, 0.1) is 17.2 Å². The van der Waals surface area contributed by atoms with E-state index in [4.69, 9.17) is 21.9 Å². The molecule has 0 aliphatic carbocycles. The van der Waals surface area contributed by atoms with Crippen molar-refractivity contribution < 1.29 is 37.2 Å². The highest BCUT2D eigenvalue weighted by Gasteiger charge is 2.40. The van der Waals surface area contributed by atoms with Crippen LogP contribution in [0.2, 0.25) is 0 Å². The molecule has 0 bridgehead atoms. The van der Waals surface area contributed by atoms with Crippen LogP contribution in [0.5, 0.6) is 0 Å². The van der Waals surface area contributed by atoms with Crippen LogP contribution in [0.25, 0.3) is 0 Å². The van der Waals surface area contributed by atoms with Gasteiger partial charge in [0.25, 0.3) is 0 Å². The SMILES string of the molecule is CC1(C)OB(O)c2ccc(NC(=O)C(CSc3ccc(C(F)(F)F)cc3)NC(=O)C(N)CCC(=O)N(CCN)CCN)cc21. The fourth-order valence-electron chi connectivity index (χ4n) is 4.63. The number of fused-ring (bicyclic) bond motifs is 1. The Balaban J connectivity index is 1.72. The lowest BCUT2D eigenvalue weighted by Crippen LogP contribution is -2.51. The van der Waals surface area contributed by atoms with Crippen LogP contribution < -0.4 is 33.3 Å². The van der Waals surface area contributed by atoms with Crippen molar-refractivity contribution in [2.75, 3.05) is 37.2 Å². The van der Waals surface area contributed by atoms with Crippen molar-refractivity contribution in [1.29, 1.82) is 0 Å². The summed E-state index contributed by atoms with van der Waals surface area (Å²) in [5.74, 6) is -1.57. The number of hydrogen-bond acceptors (Lipinski definition) is 9. The number of anilines is 1. The van der Waals surface area contributed by atoms with E-state index in [2.05, 4.69) is 10.6 Å². The number of hydrogen-bond donors (Lipinski definition) is 6. The standard InChI is InChI=1S/C28H38BF3N6O5S/c1-27(2)20-15-18(5-8-21(20)29(42)43-27)36-26(41)23(16-44-19-6-3-17(4-7-19)28(30,31)32)37-25(40)22(35)9-10-24(39)38(13-11-33)14-12-34/h3-8,15,22-23,42H,9-14,16,33-35H2,1-2H3,(H,36,41)(H,37,40). The lowest BCUT2D eigenvalue weighted by molar-refractivity contribution is -0.137. The number of amides is 3. The van der Waals surface area contributed by atoms with Gasteiger partial charge in [0.1, 0.15) is 6.04 Å². The third-order valence-electron chi connectivity index (χ3n) is 7.03. The van der Waals surface area contributed by atoms with Crippen LogP contribution in [-0.2, 0) is 30.8 Å². The number of rotatable bonds is 14. The summed E-state index contributed by atoms with van der Waals surface area (Å²) in [6, 6.07) is 7.03. The third kappa shape index (κ3) is 9.43. The third-order valence-corrected chi connectivity index (χ3v) is 8.14. The maximum atomic E-state index is 13.4. The van der Waals surface area contributed by atoms with Crippen molar-refractivity contribution in [3.05, 3.63) is 53.6 Å². The Hall–Kier alpha value is -3.15. The Morgan fingerprint density at radius 2 is 1.70 bits per heavy atom. The van der Waals surface area contributed by atoms with Gasteiger partial charge in [0.15, 0.2) is 0 Å². The number of nitrogens with zero attached hydrogens (tertiary/aromatic N) is 1. The van der Waals surface area contributed by atoms with Crippen molar-refractivity contribution in [2.24, 2.45) is 17.2 Å². The first-order valence-electron chi connectivity index (χ1n) is 14.0. The summed E-state index contributed by atoms with van der Waals surface area (Å²) in [5.41, 5.74) is 17.2. The zero-order chi connectivity index (χ0) is 32.7. The molecule has 1 aliphatic heterocycles. The Bertz CT molecular complexity index is 1310. The Morgan fingerprint density at radius 1 is 1.07 bits per heavy atom. The van der Waals surface area contributed by atoms with Crippen LogP contribution in [0.3, 0.4) is 0 Å². The highest BCUT2D eigenvalue weighted by molar-refractivity contribution is 7.99. The fourth-order valence-corrected chi connectivity index (χ4v) is 5.55. The van der Waals surface area contributed by atoms with Crippen LogP contribution in [0.15, 0.2) is 47.4 Å². The first-order valence-corrected chi connectivity index (χ1v) is 15.0. The number of alkyl halides is 3. The molecule has 16 heteroatoms. The number of carbonyl (C=O) groups is 3. The number of nitrogens with two attached hydrogens (primary N) is 3. The maximum absolute atomic E-state index is 13.4. The van der Waals surface area contributed by atoms with E-state index in [1.54, 1.807) is 32.0 Å². The molecule has 0 spiro atoms. The second-order valence-electron chi connectivity index (χ2n) is 10.8. The molecule has 0 saturated carbocycles. The van der Waals surface area contributed by atoms with Crippen LogP contribution in [0.1, 0.15) is 37.8 Å². The van der Waals surface area contributed by atoms with Gasteiger partial charge in [-0.2, -0.15) is 13.2 Å². The van der Waals surface area contributed by atoms with Gasteiger partial charge in [0, 0.05) is 48.9 Å². The highest BCUT2D eigenvalue weighted by Crippen LogP contribution is 2.32. The summed E-state index contributed by atoms with van der Waals surface area (Å²) in [5, 5.41) is 15.5. The summed E-state index contributed by atoms with van der Waals surface area (Å²) >= 11 is 1.07. The zero-order valence-electron chi connectivity index (χ0n) is 24.5. The molecule has 3 rings (SSSR count). The predicted octanol–water partition coefficient (Wildman–Crippen LogP) is 0.727. The molecular weight excluding hydrogens is 600 g/mol. The van der Waals surface area contributed by atoms with Gasteiger partial charge in [0.2, 0.25) is 17.7 Å². The van der Waals surface area contributed by atoms with E-state index in [9.17, 15) is 32.6 Å². The number of benzene rings is 2. The smallest absolute Gasteiger partial charge is 0.423 e. The topological polar surface area (TPSA) is 186 Å². The first kappa shape index (κ1) is 35.3. The molecule has 2 aromatic carbocycles. The second kappa shape index (κ2) is 15.2. The predicted molar refractivity (Wildman–Crippen MR) is 163 cm³/mol. The molecule has 2 atom stereocenters. The summed E-state index contributed by atoms with van der Waals surface area (Å²) in [6.45, 7) is 4.67. The van der Waals surface area contributed by atoms with E-state index in [-0.39, 0.29) is 37.6 Å². The molecule has 1 aliphatic rings. The van der Waals surface area contributed by atoms with Gasteiger partial charge in [-0.1, -0.05) is 6.07 Å². The number of nitrogens with one attached hydrogen (secondary N) is 2. The lowest BCUT2D eigenvalue weighted by Gasteiger charge is -2.23. The average Bonchev–Trinajstić information content (AvgIpc) is 3.20. The minimum Gasteiger partial charge on any atom is -0.423 e. The largest absolute Gasteiger partial charge is 0.492 e. The van der Waals surface area contributed by atoms with Crippen LogP contribution in [-0.4, -0.2) is 78.8 Å². The quantitative estimate of drug-likeness (QED) is 0.128. The van der Waals surface area contributed by atoms with Crippen LogP contribution in [0, 0.1) is 0 Å².